The minimum atomic E-state index is -4.32. The predicted octanol–water partition coefficient (Wildman–Crippen LogP) is 5.43. The van der Waals surface area contributed by atoms with E-state index in [4.69, 9.17) is 14.4 Å². The molecule has 2 aliphatic heterocycles. The van der Waals surface area contributed by atoms with Crippen molar-refractivity contribution in [2.75, 3.05) is 36.8 Å². The van der Waals surface area contributed by atoms with E-state index in [2.05, 4.69) is 39.5 Å². The lowest BCUT2D eigenvalue weighted by atomic mass is 9.89. The van der Waals surface area contributed by atoms with Crippen LogP contribution in [0.3, 0.4) is 0 Å². The van der Waals surface area contributed by atoms with Gasteiger partial charge in [-0.05, 0) is 63.0 Å². The molecule has 3 rings (SSSR count). The van der Waals surface area contributed by atoms with Crippen LogP contribution in [-0.4, -0.2) is 83.6 Å². The highest BCUT2D eigenvalue weighted by atomic mass is 32.2. The lowest BCUT2D eigenvalue weighted by Crippen LogP contribution is -2.56. The van der Waals surface area contributed by atoms with Gasteiger partial charge in [0.05, 0.1) is 5.75 Å². The molecule has 1 aromatic carbocycles. The maximum atomic E-state index is 13.3. The van der Waals surface area contributed by atoms with Gasteiger partial charge in [-0.25, -0.2) is 4.79 Å². The molecule has 0 saturated carbocycles. The van der Waals surface area contributed by atoms with Gasteiger partial charge in [0.1, 0.15) is 17.1 Å². The predicted molar refractivity (Wildman–Crippen MR) is 179 cm³/mol. The van der Waals surface area contributed by atoms with E-state index in [1.165, 1.54) is 12.2 Å². The van der Waals surface area contributed by atoms with Crippen LogP contribution in [0.1, 0.15) is 72.3 Å². The summed E-state index contributed by atoms with van der Waals surface area (Å²) >= 11 is 0. The fourth-order valence-corrected chi connectivity index (χ4v) is 5.67. The molecular formula is C34H45N3O9S. The molecule has 0 atom stereocenters. The quantitative estimate of drug-likeness (QED) is 0.106. The first kappa shape index (κ1) is 37.2. The summed E-state index contributed by atoms with van der Waals surface area (Å²) in [5.41, 5.74) is 2.22. The number of carbonyl (C=O) groups is 4. The van der Waals surface area contributed by atoms with Gasteiger partial charge in [-0.1, -0.05) is 45.4 Å². The molecule has 2 aliphatic rings. The van der Waals surface area contributed by atoms with E-state index in [0.717, 1.165) is 51.2 Å². The summed E-state index contributed by atoms with van der Waals surface area (Å²) in [6.45, 7) is 11.7. The van der Waals surface area contributed by atoms with E-state index in [0.29, 0.717) is 19.3 Å². The van der Waals surface area contributed by atoms with Crippen LogP contribution in [0.5, 0.6) is 5.75 Å². The summed E-state index contributed by atoms with van der Waals surface area (Å²) in [6, 6.07) is 5.16. The van der Waals surface area contributed by atoms with Crippen LogP contribution in [0.15, 0.2) is 59.9 Å². The second-order valence-electron chi connectivity index (χ2n) is 12.3. The number of amides is 4. The third-order valence-corrected chi connectivity index (χ3v) is 8.57. The number of anilines is 1. The van der Waals surface area contributed by atoms with Crippen molar-refractivity contribution in [1.82, 2.24) is 9.80 Å². The number of barbiturate groups is 1. The molecule has 1 saturated heterocycles. The number of urea groups is 1. The first-order valence-electron chi connectivity index (χ1n) is 15.8. The fraction of sp³-hybridized carbons (Fsp3) is 0.471. The maximum Gasteiger partial charge on any atom is 0.333 e. The van der Waals surface area contributed by atoms with Gasteiger partial charge < -0.3 is 14.7 Å². The van der Waals surface area contributed by atoms with Crippen LogP contribution in [0.4, 0.5) is 10.5 Å². The number of benzene rings is 1. The number of nitrogens with zero attached hydrogens (tertiary/aromatic N) is 3. The van der Waals surface area contributed by atoms with Crippen LogP contribution >= 0.6 is 0 Å². The highest BCUT2D eigenvalue weighted by molar-refractivity contribution is 7.85. The molecule has 0 aromatic heterocycles. The summed E-state index contributed by atoms with van der Waals surface area (Å²) in [5.74, 6) is -1.78. The van der Waals surface area contributed by atoms with E-state index in [1.54, 1.807) is 6.08 Å². The summed E-state index contributed by atoms with van der Waals surface area (Å²) in [6.07, 6.45) is 9.19. The molecule has 256 valence electrons. The molecule has 2 heterocycles. The second-order valence-corrected chi connectivity index (χ2v) is 13.9. The largest absolute Gasteiger partial charge is 0.481 e. The number of carbonyl (C=O) groups excluding carboxylic acids is 3. The number of hydrogen-bond donors (Lipinski definition) is 2. The molecule has 0 spiro atoms. The highest BCUT2D eigenvalue weighted by Gasteiger charge is 2.41. The van der Waals surface area contributed by atoms with Crippen molar-refractivity contribution in [3.63, 3.8) is 0 Å². The van der Waals surface area contributed by atoms with Gasteiger partial charge >= 0.3 is 12.0 Å². The zero-order valence-corrected chi connectivity index (χ0v) is 28.5. The number of carboxylic acid groups (broad SMARTS) is 1. The van der Waals surface area contributed by atoms with Crippen LogP contribution in [0.25, 0.3) is 5.57 Å². The van der Waals surface area contributed by atoms with E-state index in [-0.39, 0.29) is 36.9 Å². The average Bonchev–Trinajstić information content (AvgIpc) is 2.98. The topological polar surface area (TPSA) is 162 Å². The Balaban J connectivity index is 1.92. The number of aliphatic carboxylic acids is 1. The normalized spacial score (nSPS) is 17.4. The molecule has 2 N–H and O–H groups in total. The standard InChI is InChI=1S/C34H45N3O9S/c1-6-35(7-2)25-17-18-26-24(22-29(34(3,4)5)46-28(26)23-25)14-10-11-15-27-31(40)36(19-12-8-9-16-30(38)39)33(42)37(32(27)41)20-13-21-47(43,44)45/h10-11,14-15,17-18,22-23H,6-9,12-13,16,19-21H2,1-5H3,(H,38,39)(H,43,44,45). The Bertz CT molecular complexity index is 1600. The number of allylic oxidation sites excluding steroid dienone is 7. The third kappa shape index (κ3) is 10.1. The number of carboxylic acids is 1. The monoisotopic (exact) mass is 671 g/mol. The van der Waals surface area contributed by atoms with E-state index in [1.807, 2.05) is 30.4 Å². The van der Waals surface area contributed by atoms with Gasteiger partial charge in [0.2, 0.25) is 0 Å². The van der Waals surface area contributed by atoms with E-state index < -0.39 is 39.7 Å². The zero-order valence-electron chi connectivity index (χ0n) is 27.7. The molecular weight excluding hydrogens is 626 g/mol. The van der Waals surface area contributed by atoms with Crippen molar-refractivity contribution in [3.8, 4) is 5.75 Å². The Morgan fingerprint density at radius 2 is 1.55 bits per heavy atom. The van der Waals surface area contributed by atoms with Gasteiger partial charge in [-0.15, -0.1) is 0 Å². The maximum absolute atomic E-state index is 13.3. The molecule has 0 radical (unpaired) electrons. The van der Waals surface area contributed by atoms with Crippen molar-refractivity contribution >= 4 is 45.2 Å². The summed E-state index contributed by atoms with van der Waals surface area (Å²) in [4.78, 5) is 54.5. The highest BCUT2D eigenvalue weighted by Crippen LogP contribution is 2.41. The molecule has 4 amide bonds. The third-order valence-electron chi connectivity index (χ3n) is 7.77. The number of unbranched alkanes of at least 4 members (excludes halogenated alkanes) is 2. The van der Waals surface area contributed by atoms with Crippen LogP contribution in [-0.2, 0) is 24.5 Å². The van der Waals surface area contributed by atoms with Gasteiger partial charge in [0, 0.05) is 55.3 Å². The van der Waals surface area contributed by atoms with Crippen molar-refractivity contribution in [2.24, 2.45) is 5.41 Å². The first-order valence-corrected chi connectivity index (χ1v) is 17.4. The number of imide groups is 2. The summed E-state index contributed by atoms with van der Waals surface area (Å²) < 4.78 is 37.9. The minimum absolute atomic E-state index is 0.0445. The fourth-order valence-electron chi connectivity index (χ4n) is 5.17. The number of hydrogen-bond acceptors (Lipinski definition) is 8. The average molecular weight is 672 g/mol. The Morgan fingerprint density at radius 3 is 2.13 bits per heavy atom. The van der Waals surface area contributed by atoms with Crippen molar-refractivity contribution in [1.29, 1.82) is 0 Å². The van der Waals surface area contributed by atoms with Crippen molar-refractivity contribution in [2.45, 2.75) is 66.7 Å². The number of ether oxygens (including phenoxy) is 1. The minimum Gasteiger partial charge on any atom is -0.481 e. The number of fused-ring (bicyclic) bond motifs is 1. The zero-order chi connectivity index (χ0) is 34.9. The molecule has 47 heavy (non-hydrogen) atoms. The van der Waals surface area contributed by atoms with E-state index in [9.17, 15) is 27.6 Å². The van der Waals surface area contributed by atoms with Gasteiger partial charge in [0.25, 0.3) is 21.9 Å². The second kappa shape index (κ2) is 16.1. The van der Waals surface area contributed by atoms with Gasteiger partial charge in [0.15, 0.2) is 0 Å². The van der Waals surface area contributed by atoms with Crippen molar-refractivity contribution in [3.05, 3.63) is 65.5 Å². The Kier molecular flexibility index (Phi) is 12.7. The molecule has 0 bridgehead atoms. The Labute approximate surface area is 276 Å². The smallest absolute Gasteiger partial charge is 0.333 e. The molecule has 13 heteroatoms. The molecule has 0 unspecified atom stereocenters. The Hall–Kier alpha value is -4.23. The van der Waals surface area contributed by atoms with Crippen LogP contribution in [0.2, 0.25) is 0 Å². The molecule has 1 aromatic rings. The van der Waals surface area contributed by atoms with Crippen molar-refractivity contribution < 1.29 is 42.0 Å². The number of rotatable bonds is 15. The molecule has 0 aliphatic carbocycles. The van der Waals surface area contributed by atoms with Crippen LogP contribution in [0, 0.1) is 5.41 Å². The summed E-state index contributed by atoms with van der Waals surface area (Å²) in [7, 11) is -4.32. The lowest BCUT2D eigenvalue weighted by molar-refractivity contribution is -0.138. The lowest BCUT2D eigenvalue weighted by Gasteiger charge is -2.33. The first-order chi connectivity index (χ1) is 22.1. The SMILES string of the molecule is CCN(CC)c1ccc2c(c1)OC(C(C)(C)C)=CC2=CC=CC=C1C(=O)N(CCCCCC(=O)O)C(=O)N(CCCS(=O)(=O)O)C1=O. The molecule has 12 nitrogen and oxygen atoms in total. The summed E-state index contributed by atoms with van der Waals surface area (Å²) in [5, 5.41) is 8.86. The Morgan fingerprint density at radius 1 is 0.936 bits per heavy atom. The van der Waals surface area contributed by atoms with Crippen LogP contribution < -0.4 is 9.64 Å². The van der Waals surface area contributed by atoms with Gasteiger partial charge in [-0.2, -0.15) is 8.42 Å². The van der Waals surface area contributed by atoms with E-state index >= 15 is 0 Å². The van der Waals surface area contributed by atoms with Gasteiger partial charge in [-0.3, -0.25) is 28.7 Å². The molecule has 1 fully saturated rings.